The maximum Gasteiger partial charge on any atom is 0.277 e. The molecule has 1 saturated heterocycles. The Balaban J connectivity index is 1.37. The molecule has 2 aliphatic rings. The molecule has 0 spiro atoms. The lowest BCUT2D eigenvalue weighted by molar-refractivity contribution is -0.127. The topological polar surface area (TPSA) is 135 Å². The van der Waals surface area contributed by atoms with Gasteiger partial charge in [-0.3, -0.25) is 24.2 Å². The summed E-state index contributed by atoms with van der Waals surface area (Å²) in [5, 5.41) is 11.1. The van der Waals surface area contributed by atoms with Gasteiger partial charge in [0.1, 0.15) is 17.3 Å². The van der Waals surface area contributed by atoms with Crippen LogP contribution in [0.1, 0.15) is 53.5 Å². The van der Waals surface area contributed by atoms with Crippen molar-refractivity contribution in [2.24, 2.45) is 0 Å². The van der Waals surface area contributed by atoms with Crippen LogP contribution >= 0.6 is 0 Å². The van der Waals surface area contributed by atoms with Crippen molar-refractivity contribution in [1.82, 2.24) is 24.8 Å². The Hall–Kier alpha value is -4.43. The smallest absolute Gasteiger partial charge is 0.277 e. The molecule has 1 aromatic carbocycles. The fourth-order valence-electron chi connectivity index (χ4n) is 5.41. The fourth-order valence-corrected chi connectivity index (χ4v) is 5.41. The number of benzene rings is 1. The van der Waals surface area contributed by atoms with Gasteiger partial charge in [-0.05, 0) is 49.6 Å². The summed E-state index contributed by atoms with van der Waals surface area (Å²) in [6, 6.07) is 6.17. The van der Waals surface area contributed by atoms with E-state index < -0.39 is 29.8 Å². The second-order valence-electron chi connectivity index (χ2n) is 10.6. The van der Waals surface area contributed by atoms with Crippen LogP contribution in [0.4, 0.5) is 20.4 Å². The number of nitrogens with zero attached hydrogens (tertiary/aromatic N) is 6. The maximum atomic E-state index is 13.8. The average Bonchev–Trinajstić information content (AvgIpc) is 3.65. The predicted octanol–water partition coefficient (Wildman–Crippen LogP) is 3.00. The number of carbonyl (C=O) groups excluding carboxylic acids is 3. The first-order valence-electron chi connectivity index (χ1n) is 14.6. The van der Waals surface area contributed by atoms with Crippen LogP contribution in [0.25, 0.3) is 11.4 Å². The molecule has 3 amide bonds. The summed E-state index contributed by atoms with van der Waals surface area (Å²) >= 11 is 0. The molecule has 5 rings (SSSR count). The molecule has 2 aromatic heterocycles. The SMILES string of the molecule is CCCN1c2nc(-c3ccc(N(CCOC)C(=O)c4ccc(F)c(F)c4)nc3)[nH]c2C(=O)N(CCCN2CCCC2=O)C1O. The highest BCUT2D eigenvalue weighted by molar-refractivity contribution is 6.05. The van der Waals surface area contributed by atoms with Crippen LogP contribution in [0.2, 0.25) is 0 Å². The summed E-state index contributed by atoms with van der Waals surface area (Å²) in [5.41, 5.74) is 0.706. The largest absolute Gasteiger partial charge is 0.383 e. The molecule has 1 unspecified atom stereocenters. The molecule has 0 radical (unpaired) electrons. The van der Waals surface area contributed by atoms with Crippen LogP contribution in [0.15, 0.2) is 36.5 Å². The van der Waals surface area contributed by atoms with E-state index in [0.717, 1.165) is 18.6 Å². The Morgan fingerprint density at radius 3 is 2.61 bits per heavy atom. The van der Waals surface area contributed by atoms with E-state index in [1.807, 2.05) is 6.92 Å². The maximum absolute atomic E-state index is 13.8. The third-order valence-electron chi connectivity index (χ3n) is 7.68. The van der Waals surface area contributed by atoms with Crippen molar-refractivity contribution in [3.8, 4) is 11.4 Å². The van der Waals surface area contributed by atoms with Crippen LogP contribution in [0.5, 0.6) is 0 Å². The number of fused-ring (bicyclic) bond motifs is 1. The van der Waals surface area contributed by atoms with Gasteiger partial charge in [0.2, 0.25) is 12.3 Å². The Morgan fingerprint density at radius 1 is 1.14 bits per heavy atom. The molecule has 1 fully saturated rings. The van der Waals surface area contributed by atoms with Crippen LogP contribution in [-0.4, -0.2) is 100 Å². The zero-order chi connectivity index (χ0) is 31.4. The standard InChI is InChI=1S/C30H35F2N7O5/c1-3-11-38-27-25(29(42)39(30(38)43)14-5-13-36-12-4-6-24(36)40)34-26(35-27)20-8-10-23(33-18-20)37(15-16-44-2)28(41)19-7-9-21(31)22(32)17-19/h7-10,17-18,30,43H,3-6,11-16H2,1-2H3,(H,34,35). The number of nitrogens with one attached hydrogen (secondary N) is 1. The van der Waals surface area contributed by atoms with E-state index in [-0.39, 0.29) is 42.7 Å². The number of aliphatic hydroxyl groups is 1. The number of H-pyrrole nitrogens is 1. The summed E-state index contributed by atoms with van der Waals surface area (Å²) in [5.74, 6) is -2.15. The number of hydrogen-bond donors (Lipinski definition) is 2. The van der Waals surface area contributed by atoms with Crippen molar-refractivity contribution in [3.63, 3.8) is 0 Å². The molecule has 2 N–H and O–H groups in total. The molecule has 14 heteroatoms. The predicted molar refractivity (Wildman–Crippen MR) is 157 cm³/mol. The number of halogens is 2. The van der Waals surface area contributed by atoms with Crippen molar-refractivity contribution in [2.45, 2.75) is 39.0 Å². The second-order valence-corrected chi connectivity index (χ2v) is 10.6. The number of aliphatic hydroxyl groups excluding tert-OH is 1. The van der Waals surface area contributed by atoms with Gasteiger partial charge in [0.05, 0.1) is 13.2 Å². The van der Waals surface area contributed by atoms with Crippen LogP contribution in [0, 0.1) is 11.6 Å². The van der Waals surface area contributed by atoms with Crippen molar-refractivity contribution < 1.29 is 33.0 Å². The summed E-state index contributed by atoms with van der Waals surface area (Å²) in [6.07, 6.45) is 2.87. The average molecular weight is 612 g/mol. The molecule has 0 bridgehead atoms. The molecule has 44 heavy (non-hydrogen) atoms. The van der Waals surface area contributed by atoms with E-state index in [0.29, 0.717) is 56.1 Å². The van der Waals surface area contributed by atoms with Gasteiger partial charge in [-0.25, -0.2) is 18.7 Å². The van der Waals surface area contributed by atoms with E-state index >= 15 is 0 Å². The first-order valence-corrected chi connectivity index (χ1v) is 14.6. The number of methoxy groups -OCH3 is 1. The number of carbonyl (C=O) groups is 3. The van der Waals surface area contributed by atoms with Gasteiger partial charge in [0.15, 0.2) is 17.5 Å². The highest BCUT2D eigenvalue weighted by atomic mass is 19.2. The number of imidazole rings is 1. The van der Waals surface area contributed by atoms with Gasteiger partial charge in [0, 0.05) is 57.0 Å². The Bertz CT molecular complexity index is 1520. The Labute approximate surface area is 253 Å². The highest BCUT2D eigenvalue weighted by Gasteiger charge is 2.39. The van der Waals surface area contributed by atoms with Gasteiger partial charge >= 0.3 is 0 Å². The zero-order valence-electron chi connectivity index (χ0n) is 24.6. The van der Waals surface area contributed by atoms with Crippen LogP contribution in [0.3, 0.4) is 0 Å². The van der Waals surface area contributed by atoms with Gasteiger partial charge in [-0.15, -0.1) is 0 Å². The quantitative estimate of drug-likeness (QED) is 0.319. The third kappa shape index (κ3) is 6.26. The molecule has 1 atom stereocenters. The van der Waals surface area contributed by atoms with Crippen LogP contribution in [-0.2, 0) is 9.53 Å². The van der Waals surface area contributed by atoms with Crippen molar-refractivity contribution >= 4 is 29.4 Å². The first-order chi connectivity index (χ1) is 21.2. The normalized spacial score (nSPS) is 16.6. The van der Waals surface area contributed by atoms with Crippen molar-refractivity contribution in [3.05, 3.63) is 59.4 Å². The minimum absolute atomic E-state index is 0.0470. The number of aromatic nitrogens is 3. The van der Waals surface area contributed by atoms with E-state index in [4.69, 9.17) is 4.74 Å². The number of likely N-dealkylation sites (tertiary alicyclic amines) is 1. The highest BCUT2D eigenvalue weighted by Crippen LogP contribution is 2.32. The number of anilines is 2. The lowest BCUT2D eigenvalue weighted by atomic mass is 10.1. The fraction of sp³-hybridized carbons (Fsp3) is 0.433. The number of rotatable bonds is 12. The van der Waals surface area contributed by atoms with E-state index in [2.05, 4.69) is 15.0 Å². The first kappa shape index (κ1) is 31.0. The number of aromatic amines is 1. The lowest BCUT2D eigenvalue weighted by Crippen LogP contribution is -2.56. The minimum atomic E-state index is -1.21. The van der Waals surface area contributed by atoms with Crippen molar-refractivity contribution in [2.75, 3.05) is 56.2 Å². The van der Waals surface area contributed by atoms with Gasteiger partial charge in [-0.2, -0.15) is 0 Å². The second kappa shape index (κ2) is 13.5. The molecule has 0 saturated carbocycles. The van der Waals surface area contributed by atoms with Crippen LogP contribution < -0.4 is 9.80 Å². The monoisotopic (exact) mass is 611 g/mol. The number of amides is 3. The summed E-state index contributed by atoms with van der Waals surface area (Å²) < 4.78 is 32.4. The summed E-state index contributed by atoms with van der Waals surface area (Å²) in [4.78, 5) is 56.9. The van der Waals surface area contributed by atoms with E-state index in [1.54, 1.807) is 21.9 Å². The van der Waals surface area contributed by atoms with E-state index in [9.17, 15) is 28.3 Å². The third-order valence-corrected chi connectivity index (χ3v) is 7.68. The summed E-state index contributed by atoms with van der Waals surface area (Å²) in [7, 11) is 1.48. The summed E-state index contributed by atoms with van der Waals surface area (Å²) in [6.45, 7) is 4.17. The molecule has 3 aromatic rings. The number of pyridine rings is 1. The lowest BCUT2D eigenvalue weighted by Gasteiger charge is -2.40. The molecular formula is C30H35F2N7O5. The van der Waals surface area contributed by atoms with E-state index in [1.165, 1.54) is 29.2 Å². The molecule has 12 nitrogen and oxygen atoms in total. The minimum Gasteiger partial charge on any atom is -0.383 e. The molecule has 4 heterocycles. The Kier molecular flexibility index (Phi) is 9.49. The molecule has 2 aliphatic heterocycles. The molecule has 234 valence electrons. The van der Waals surface area contributed by atoms with Crippen molar-refractivity contribution in [1.29, 1.82) is 0 Å². The Morgan fingerprint density at radius 2 is 1.95 bits per heavy atom. The number of ether oxygens (including phenoxy) is 1. The number of hydrogen-bond acceptors (Lipinski definition) is 8. The van der Waals surface area contributed by atoms with Gasteiger partial charge in [-0.1, -0.05) is 6.92 Å². The van der Waals surface area contributed by atoms with Gasteiger partial charge in [0.25, 0.3) is 11.8 Å². The van der Waals surface area contributed by atoms with Gasteiger partial charge < -0.3 is 24.6 Å². The molecular weight excluding hydrogens is 576 g/mol. The molecule has 0 aliphatic carbocycles. The zero-order valence-corrected chi connectivity index (χ0v) is 24.6.